The average molecular weight is 271 g/mol. The summed E-state index contributed by atoms with van der Waals surface area (Å²) in [6.45, 7) is 0. The molecule has 2 N–H and O–H groups in total. The van der Waals surface area contributed by atoms with Crippen molar-refractivity contribution in [2.75, 3.05) is 0 Å². The highest BCUT2D eigenvalue weighted by atomic mass is 19.4. The first-order valence-corrected chi connectivity index (χ1v) is 6.36. The van der Waals surface area contributed by atoms with Gasteiger partial charge in [-0.25, -0.2) is 0 Å². The third-order valence-electron chi connectivity index (χ3n) is 3.63. The fraction of sp³-hybridized carbons (Fsp3) is 0.500. The minimum absolute atomic E-state index is 0.108. The molecule has 1 aromatic rings. The zero-order chi connectivity index (χ0) is 14.0. The summed E-state index contributed by atoms with van der Waals surface area (Å²) in [5, 5.41) is 0. The first-order chi connectivity index (χ1) is 8.89. The second-order valence-electron chi connectivity index (χ2n) is 5.00. The highest BCUT2D eigenvalue weighted by molar-refractivity contribution is 5.98. The molecule has 0 aromatic heterocycles. The van der Waals surface area contributed by atoms with Crippen molar-refractivity contribution in [1.82, 2.24) is 0 Å². The molecule has 0 saturated heterocycles. The van der Waals surface area contributed by atoms with Gasteiger partial charge in [0.25, 0.3) is 0 Å². The Kier molecular flexibility index (Phi) is 3.94. The van der Waals surface area contributed by atoms with Crippen molar-refractivity contribution in [3.8, 4) is 0 Å². The molecule has 0 spiro atoms. The van der Waals surface area contributed by atoms with Crippen molar-refractivity contribution in [2.24, 2.45) is 11.7 Å². The Morgan fingerprint density at radius 3 is 2.53 bits per heavy atom. The largest absolute Gasteiger partial charge is 0.416 e. The van der Waals surface area contributed by atoms with E-state index in [0.717, 1.165) is 31.4 Å². The van der Waals surface area contributed by atoms with Gasteiger partial charge in [-0.1, -0.05) is 25.0 Å². The Bertz CT molecular complexity index is 470. The second kappa shape index (κ2) is 5.33. The number of rotatable bonds is 2. The number of alkyl halides is 3. The lowest BCUT2D eigenvalue weighted by Gasteiger charge is -2.27. The van der Waals surface area contributed by atoms with Crippen molar-refractivity contribution in [3.05, 3.63) is 35.4 Å². The van der Waals surface area contributed by atoms with E-state index in [1.807, 2.05) is 0 Å². The third-order valence-corrected chi connectivity index (χ3v) is 3.63. The van der Waals surface area contributed by atoms with E-state index in [-0.39, 0.29) is 23.3 Å². The van der Waals surface area contributed by atoms with Crippen molar-refractivity contribution >= 4 is 5.78 Å². The van der Waals surface area contributed by atoms with Gasteiger partial charge < -0.3 is 5.73 Å². The smallest absolute Gasteiger partial charge is 0.327 e. The van der Waals surface area contributed by atoms with Gasteiger partial charge in [0.1, 0.15) is 0 Å². The van der Waals surface area contributed by atoms with Crippen molar-refractivity contribution in [2.45, 2.75) is 37.9 Å². The lowest BCUT2D eigenvalue weighted by Crippen LogP contribution is -2.38. The van der Waals surface area contributed by atoms with E-state index >= 15 is 0 Å². The number of ketones is 1. The molecule has 1 aliphatic carbocycles. The number of carbonyl (C=O) groups is 1. The molecular weight excluding hydrogens is 255 g/mol. The summed E-state index contributed by atoms with van der Waals surface area (Å²) in [4.78, 5) is 12.2. The first kappa shape index (κ1) is 14.1. The van der Waals surface area contributed by atoms with Crippen LogP contribution in [-0.4, -0.2) is 11.8 Å². The van der Waals surface area contributed by atoms with Crippen LogP contribution in [-0.2, 0) is 6.18 Å². The van der Waals surface area contributed by atoms with Crippen LogP contribution in [0.3, 0.4) is 0 Å². The van der Waals surface area contributed by atoms with Crippen molar-refractivity contribution in [3.63, 3.8) is 0 Å². The Morgan fingerprint density at radius 2 is 1.89 bits per heavy atom. The van der Waals surface area contributed by atoms with Crippen LogP contribution in [0.5, 0.6) is 0 Å². The number of hydrogen-bond acceptors (Lipinski definition) is 2. The van der Waals surface area contributed by atoms with Gasteiger partial charge in [0, 0.05) is 17.5 Å². The molecule has 5 heteroatoms. The van der Waals surface area contributed by atoms with Gasteiger partial charge in [-0.2, -0.15) is 13.2 Å². The highest BCUT2D eigenvalue weighted by Gasteiger charge is 2.33. The Hall–Kier alpha value is -1.36. The predicted octanol–water partition coefficient (Wildman–Crippen LogP) is 3.41. The first-order valence-electron chi connectivity index (χ1n) is 6.36. The van der Waals surface area contributed by atoms with Gasteiger partial charge in [0.15, 0.2) is 5.78 Å². The molecule has 19 heavy (non-hydrogen) atoms. The van der Waals surface area contributed by atoms with Crippen molar-refractivity contribution in [1.29, 1.82) is 0 Å². The Labute approximate surface area is 109 Å². The maximum absolute atomic E-state index is 12.6. The molecule has 1 aliphatic rings. The second-order valence-corrected chi connectivity index (χ2v) is 5.00. The quantitative estimate of drug-likeness (QED) is 0.838. The van der Waals surface area contributed by atoms with E-state index in [9.17, 15) is 18.0 Å². The van der Waals surface area contributed by atoms with E-state index < -0.39 is 11.7 Å². The van der Waals surface area contributed by atoms with Crippen molar-refractivity contribution < 1.29 is 18.0 Å². The normalized spacial score (nSPS) is 24.2. The molecular formula is C14H16F3NO. The molecule has 0 heterocycles. The molecule has 1 fully saturated rings. The van der Waals surface area contributed by atoms with Crippen LogP contribution in [0.4, 0.5) is 13.2 Å². The van der Waals surface area contributed by atoms with Crippen LogP contribution in [0.2, 0.25) is 0 Å². The maximum atomic E-state index is 12.6. The molecule has 2 nitrogen and oxygen atoms in total. The minimum Gasteiger partial charge on any atom is -0.327 e. The number of hydrogen-bond donors (Lipinski definition) is 1. The summed E-state index contributed by atoms with van der Waals surface area (Å²) in [5.74, 6) is -0.615. The van der Waals surface area contributed by atoms with Gasteiger partial charge >= 0.3 is 6.18 Å². The summed E-state index contributed by atoms with van der Waals surface area (Å²) >= 11 is 0. The molecule has 0 radical (unpaired) electrons. The zero-order valence-electron chi connectivity index (χ0n) is 10.4. The predicted molar refractivity (Wildman–Crippen MR) is 65.7 cm³/mol. The SMILES string of the molecule is NC1CCCCC1C(=O)c1cccc(C(F)(F)F)c1. The molecule has 0 amide bonds. The summed E-state index contributed by atoms with van der Waals surface area (Å²) in [6.07, 6.45) is -1.12. The summed E-state index contributed by atoms with van der Waals surface area (Å²) < 4.78 is 37.8. The van der Waals surface area contributed by atoms with E-state index in [1.165, 1.54) is 12.1 Å². The minimum atomic E-state index is -4.43. The molecule has 2 atom stereocenters. The van der Waals surface area contributed by atoms with E-state index in [4.69, 9.17) is 5.73 Å². The van der Waals surface area contributed by atoms with Crippen LogP contribution in [0.15, 0.2) is 24.3 Å². The average Bonchev–Trinajstić information content (AvgIpc) is 2.38. The van der Waals surface area contributed by atoms with Gasteiger partial charge in [0.05, 0.1) is 5.56 Å². The third kappa shape index (κ3) is 3.15. The lowest BCUT2D eigenvalue weighted by atomic mass is 9.80. The summed E-state index contributed by atoms with van der Waals surface area (Å²) in [7, 11) is 0. The molecule has 1 aromatic carbocycles. The van der Waals surface area contributed by atoms with Crippen LogP contribution in [0.25, 0.3) is 0 Å². The molecule has 104 valence electrons. The van der Waals surface area contributed by atoms with Crippen LogP contribution < -0.4 is 5.73 Å². The van der Waals surface area contributed by atoms with E-state index in [2.05, 4.69) is 0 Å². The molecule has 2 rings (SSSR count). The number of carbonyl (C=O) groups excluding carboxylic acids is 1. The Morgan fingerprint density at radius 1 is 1.21 bits per heavy atom. The van der Waals surface area contributed by atoms with Gasteiger partial charge in [0.2, 0.25) is 0 Å². The summed E-state index contributed by atoms with van der Waals surface area (Å²) in [6, 6.07) is 4.35. The number of benzene rings is 1. The topological polar surface area (TPSA) is 43.1 Å². The Balaban J connectivity index is 2.24. The molecule has 0 bridgehead atoms. The fourth-order valence-electron chi connectivity index (χ4n) is 2.55. The van der Waals surface area contributed by atoms with Gasteiger partial charge in [-0.05, 0) is 25.0 Å². The molecule has 2 unspecified atom stereocenters. The zero-order valence-corrected chi connectivity index (χ0v) is 10.4. The highest BCUT2D eigenvalue weighted by Crippen LogP contribution is 2.31. The number of nitrogens with two attached hydrogens (primary N) is 1. The van der Waals surface area contributed by atoms with E-state index in [0.29, 0.717) is 6.42 Å². The van der Waals surface area contributed by atoms with Gasteiger partial charge in [-0.15, -0.1) is 0 Å². The number of Topliss-reactive ketones (excluding diaryl/α,β-unsaturated/α-hetero) is 1. The van der Waals surface area contributed by atoms with Crippen LogP contribution >= 0.6 is 0 Å². The standard InChI is InChI=1S/C14H16F3NO/c15-14(16,17)10-5-3-4-9(8-10)13(19)11-6-1-2-7-12(11)18/h3-5,8,11-12H,1-2,6-7,18H2. The monoisotopic (exact) mass is 271 g/mol. The lowest BCUT2D eigenvalue weighted by molar-refractivity contribution is -0.137. The van der Waals surface area contributed by atoms with Crippen LogP contribution in [0.1, 0.15) is 41.6 Å². The van der Waals surface area contributed by atoms with E-state index in [1.54, 1.807) is 0 Å². The number of halogens is 3. The van der Waals surface area contributed by atoms with Gasteiger partial charge in [-0.3, -0.25) is 4.79 Å². The summed E-state index contributed by atoms with van der Waals surface area (Å²) in [5.41, 5.74) is 5.22. The molecule has 0 aliphatic heterocycles. The fourth-order valence-corrected chi connectivity index (χ4v) is 2.55. The maximum Gasteiger partial charge on any atom is 0.416 e. The molecule has 1 saturated carbocycles. The van der Waals surface area contributed by atoms with Crippen LogP contribution in [0, 0.1) is 5.92 Å².